The number of oxime groups is 1. The zero-order chi connectivity index (χ0) is 28.2. The van der Waals surface area contributed by atoms with Gasteiger partial charge < -0.3 is 30.1 Å². The topological polar surface area (TPSA) is 189 Å². The van der Waals surface area contributed by atoms with Crippen molar-refractivity contribution in [1.82, 2.24) is 15.2 Å². The quantitative estimate of drug-likeness (QED) is 0.137. The Morgan fingerprint density at radius 3 is 2.53 bits per heavy atom. The number of amides is 2. The van der Waals surface area contributed by atoms with E-state index in [-0.39, 0.29) is 34.6 Å². The van der Waals surface area contributed by atoms with Crippen molar-refractivity contribution < 1.29 is 43.0 Å². The monoisotopic (exact) mass is 569 g/mol. The van der Waals surface area contributed by atoms with Crippen LogP contribution in [-0.2, 0) is 43.0 Å². The Labute approximate surface area is 225 Å². The Morgan fingerprint density at radius 2 is 1.95 bits per heavy atom. The average molecular weight is 570 g/mol. The van der Waals surface area contributed by atoms with Gasteiger partial charge in [0, 0.05) is 23.6 Å². The maximum Gasteiger partial charge on any atom is 0.358 e. The van der Waals surface area contributed by atoms with Gasteiger partial charge in [-0.05, 0) is 20.8 Å². The fourth-order valence-electron chi connectivity index (χ4n) is 3.29. The SMILES string of the molecule is CO/N=C(\C(=O)NC1C(=O)N2C(C(=O)OCOC(=O)C(C)(C)C)=C(COC(C)=O)CSC12)c1csc(N)n1. The van der Waals surface area contributed by atoms with Crippen LogP contribution in [0.2, 0.25) is 0 Å². The summed E-state index contributed by atoms with van der Waals surface area (Å²) in [5.41, 5.74) is 5.00. The Bertz CT molecular complexity index is 1200. The van der Waals surface area contributed by atoms with Crippen LogP contribution in [0.25, 0.3) is 0 Å². The molecule has 16 heteroatoms. The number of fused-ring (bicyclic) bond motifs is 1. The van der Waals surface area contributed by atoms with E-state index in [0.29, 0.717) is 5.57 Å². The van der Waals surface area contributed by atoms with Crippen molar-refractivity contribution in [1.29, 1.82) is 0 Å². The fraction of sp³-hybridized carbons (Fsp3) is 0.500. The number of nitrogens with zero attached hydrogens (tertiary/aromatic N) is 3. The summed E-state index contributed by atoms with van der Waals surface area (Å²) < 4.78 is 15.1. The maximum absolute atomic E-state index is 13.1. The molecule has 1 aromatic heterocycles. The molecule has 0 aromatic carbocycles. The third kappa shape index (κ3) is 6.42. The van der Waals surface area contributed by atoms with Crippen molar-refractivity contribution in [3.8, 4) is 0 Å². The number of carbonyl (C=O) groups is 5. The van der Waals surface area contributed by atoms with Crippen LogP contribution in [0.5, 0.6) is 0 Å². The van der Waals surface area contributed by atoms with Gasteiger partial charge in [-0.15, -0.1) is 23.1 Å². The molecular formula is C22H27N5O9S2. The van der Waals surface area contributed by atoms with E-state index in [2.05, 4.69) is 15.5 Å². The van der Waals surface area contributed by atoms with Gasteiger partial charge in [0.05, 0.1) is 5.41 Å². The van der Waals surface area contributed by atoms with Gasteiger partial charge in [0.15, 0.2) is 10.8 Å². The van der Waals surface area contributed by atoms with Gasteiger partial charge in [0.2, 0.25) is 6.79 Å². The zero-order valence-corrected chi connectivity index (χ0v) is 22.9. The highest BCUT2D eigenvalue weighted by Crippen LogP contribution is 2.40. The number of esters is 3. The number of carbonyl (C=O) groups excluding carboxylic acids is 5. The molecule has 2 amide bonds. The van der Waals surface area contributed by atoms with Crippen molar-refractivity contribution >= 4 is 63.7 Å². The number of nitrogens with one attached hydrogen (secondary N) is 1. The molecule has 1 fully saturated rings. The maximum atomic E-state index is 13.1. The summed E-state index contributed by atoms with van der Waals surface area (Å²) in [6.45, 7) is 5.20. The van der Waals surface area contributed by atoms with Crippen LogP contribution in [0.1, 0.15) is 33.4 Å². The van der Waals surface area contributed by atoms with E-state index in [1.807, 2.05) is 0 Å². The number of hydrogen-bond acceptors (Lipinski definition) is 14. The lowest BCUT2D eigenvalue weighted by Gasteiger charge is -2.49. The number of ether oxygens (including phenoxy) is 3. The van der Waals surface area contributed by atoms with E-state index in [1.165, 1.54) is 31.2 Å². The summed E-state index contributed by atoms with van der Waals surface area (Å²) in [4.78, 5) is 72.3. The van der Waals surface area contributed by atoms with Crippen LogP contribution in [0.4, 0.5) is 5.13 Å². The number of rotatable bonds is 9. The first-order chi connectivity index (χ1) is 17.8. The van der Waals surface area contributed by atoms with Gasteiger partial charge >= 0.3 is 17.9 Å². The van der Waals surface area contributed by atoms with Gasteiger partial charge in [-0.3, -0.25) is 24.1 Å². The molecule has 3 N–H and O–H groups in total. The molecule has 2 aliphatic heterocycles. The first kappa shape index (κ1) is 28.9. The predicted octanol–water partition coefficient (Wildman–Crippen LogP) is 0.383. The lowest BCUT2D eigenvalue weighted by molar-refractivity contribution is -0.173. The highest BCUT2D eigenvalue weighted by Gasteiger charge is 2.55. The Morgan fingerprint density at radius 1 is 1.24 bits per heavy atom. The molecule has 3 rings (SSSR count). The molecule has 0 radical (unpaired) electrons. The van der Waals surface area contributed by atoms with Crippen LogP contribution in [0.15, 0.2) is 21.8 Å². The predicted molar refractivity (Wildman–Crippen MR) is 135 cm³/mol. The molecule has 1 aromatic rings. The normalized spacial score (nSPS) is 19.2. The first-order valence-electron chi connectivity index (χ1n) is 11.1. The summed E-state index contributed by atoms with van der Waals surface area (Å²) >= 11 is 2.35. The molecule has 0 spiro atoms. The highest BCUT2D eigenvalue weighted by molar-refractivity contribution is 8.00. The van der Waals surface area contributed by atoms with E-state index < -0.39 is 53.3 Å². The minimum atomic E-state index is -1.01. The summed E-state index contributed by atoms with van der Waals surface area (Å²) in [5.74, 6) is -3.26. The van der Waals surface area contributed by atoms with Crippen LogP contribution in [-0.4, -0.2) is 83.0 Å². The average Bonchev–Trinajstić information content (AvgIpc) is 3.28. The molecule has 0 bridgehead atoms. The van der Waals surface area contributed by atoms with E-state index >= 15 is 0 Å². The van der Waals surface area contributed by atoms with Gasteiger partial charge in [0.25, 0.3) is 11.8 Å². The molecule has 38 heavy (non-hydrogen) atoms. The summed E-state index contributed by atoms with van der Waals surface area (Å²) in [7, 11) is 1.25. The second-order valence-electron chi connectivity index (χ2n) is 9.02. The molecular weight excluding hydrogens is 542 g/mol. The number of thioether (sulfide) groups is 1. The van der Waals surface area contributed by atoms with Crippen molar-refractivity contribution in [3.63, 3.8) is 0 Å². The van der Waals surface area contributed by atoms with Crippen LogP contribution in [0, 0.1) is 5.41 Å². The third-order valence-electron chi connectivity index (χ3n) is 5.13. The molecule has 14 nitrogen and oxygen atoms in total. The Hall–Kier alpha value is -3.66. The van der Waals surface area contributed by atoms with Crippen molar-refractivity contribution in [2.45, 2.75) is 39.1 Å². The summed E-state index contributed by atoms with van der Waals surface area (Å²) in [6, 6.07) is -1.01. The molecule has 0 aliphatic carbocycles. The number of hydrogen-bond donors (Lipinski definition) is 2. The van der Waals surface area contributed by atoms with Crippen LogP contribution < -0.4 is 11.1 Å². The standard InChI is InChI=1S/C22H27N5O9S2/c1-10(28)34-6-11-7-37-18-14(25-16(29)13(26-33-5)12-8-38-21(23)24-12)17(30)27(18)15(11)19(31)35-9-36-20(32)22(2,3)4/h8,14,18H,6-7,9H2,1-5H3,(H2,23,24)(H,25,29)/b26-13-. The number of nitrogen functional groups attached to an aromatic ring is 1. The van der Waals surface area contributed by atoms with Gasteiger partial charge in [-0.25, -0.2) is 9.78 Å². The Balaban J connectivity index is 1.77. The summed E-state index contributed by atoms with van der Waals surface area (Å²) in [6.07, 6.45) is 0. The second kappa shape index (κ2) is 11.8. The van der Waals surface area contributed by atoms with Crippen molar-refractivity contribution in [3.05, 3.63) is 22.3 Å². The zero-order valence-electron chi connectivity index (χ0n) is 21.3. The highest BCUT2D eigenvalue weighted by atomic mass is 32.2. The van der Waals surface area contributed by atoms with E-state index in [1.54, 1.807) is 20.8 Å². The first-order valence-corrected chi connectivity index (χ1v) is 13.1. The number of β-lactam (4-membered cyclic amide) rings is 1. The number of nitrogens with two attached hydrogens (primary N) is 1. The molecule has 206 valence electrons. The van der Waals surface area contributed by atoms with Gasteiger partial charge in [-0.1, -0.05) is 5.16 Å². The number of anilines is 1. The smallest absolute Gasteiger partial charge is 0.358 e. The van der Waals surface area contributed by atoms with Crippen molar-refractivity contribution in [2.75, 3.05) is 32.0 Å². The third-order valence-corrected chi connectivity index (χ3v) is 7.15. The minimum Gasteiger partial charge on any atom is -0.461 e. The molecule has 2 unspecified atom stereocenters. The second-order valence-corrected chi connectivity index (χ2v) is 11.0. The van der Waals surface area contributed by atoms with Crippen LogP contribution >= 0.6 is 23.1 Å². The lowest BCUT2D eigenvalue weighted by Crippen LogP contribution is -2.71. The molecule has 3 heterocycles. The van der Waals surface area contributed by atoms with Gasteiger partial charge in [0.1, 0.15) is 36.5 Å². The van der Waals surface area contributed by atoms with Crippen LogP contribution in [0.3, 0.4) is 0 Å². The van der Waals surface area contributed by atoms with Gasteiger partial charge in [-0.2, -0.15) is 0 Å². The number of aromatic nitrogens is 1. The minimum absolute atomic E-state index is 0.143. The molecule has 1 saturated heterocycles. The molecule has 2 aliphatic rings. The van der Waals surface area contributed by atoms with E-state index in [9.17, 15) is 24.0 Å². The molecule has 0 saturated carbocycles. The van der Waals surface area contributed by atoms with E-state index in [4.69, 9.17) is 24.8 Å². The largest absolute Gasteiger partial charge is 0.461 e. The van der Waals surface area contributed by atoms with E-state index in [0.717, 1.165) is 16.2 Å². The Kier molecular flexibility index (Phi) is 8.98. The number of thiazole rings is 1. The fourth-order valence-corrected chi connectivity index (χ4v) is 5.17. The molecule has 2 atom stereocenters. The van der Waals surface area contributed by atoms with Crippen molar-refractivity contribution in [2.24, 2.45) is 10.6 Å². The lowest BCUT2D eigenvalue weighted by atomic mass is 9.98. The summed E-state index contributed by atoms with van der Waals surface area (Å²) in [5, 5.41) is 7.35.